The maximum Gasteiger partial charge on any atom is 0.421 e. The minimum absolute atomic E-state index is 0.0448. The molecule has 3 aromatic rings. The van der Waals surface area contributed by atoms with E-state index in [1.54, 1.807) is 36.4 Å². The highest BCUT2D eigenvalue weighted by atomic mass is 19.4. The van der Waals surface area contributed by atoms with E-state index in [1.807, 2.05) is 12.1 Å². The van der Waals surface area contributed by atoms with Gasteiger partial charge in [-0.2, -0.15) is 18.2 Å². The minimum atomic E-state index is -4.62. The average molecular weight is 515 g/mol. The zero-order valence-corrected chi connectivity index (χ0v) is 21.0. The standard InChI is InChI=1S/C28H33F3N4O2/c1-2-3-7-17-36-24-12-8-9-21(18-24)33-26-25(28(29,30)31)19-32-27(35-26)34-20-13-15-23(16-14-20)37-22-10-5-4-6-11-22/h8-9,12-16,18-19,22H,2-7,10-11,17H2,1H3,(H2,32,33,34,35). The third-order valence-corrected chi connectivity index (χ3v) is 6.17. The lowest BCUT2D eigenvalue weighted by molar-refractivity contribution is -0.137. The van der Waals surface area contributed by atoms with Crippen molar-refractivity contribution < 1.29 is 22.6 Å². The van der Waals surface area contributed by atoms with Gasteiger partial charge in [-0.3, -0.25) is 0 Å². The van der Waals surface area contributed by atoms with Crippen LogP contribution in [-0.4, -0.2) is 22.7 Å². The Balaban J connectivity index is 1.46. The van der Waals surface area contributed by atoms with Crippen molar-refractivity contribution in [3.05, 3.63) is 60.3 Å². The Kier molecular flexibility index (Phi) is 9.09. The number of hydrogen-bond acceptors (Lipinski definition) is 6. The summed E-state index contributed by atoms with van der Waals surface area (Å²) in [5.41, 5.74) is 0.125. The summed E-state index contributed by atoms with van der Waals surface area (Å²) < 4.78 is 52.8. The van der Waals surface area contributed by atoms with Crippen LogP contribution in [0, 0.1) is 0 Å². The van der Waals surface area contributed by atoms with Crippen LogP contribution in [0.5, 0.6) is 11.5 Å². The molecule has 0 aliphatic heterocycles. The number of rotatable bonds is 11. The maximum absolute atomic E-state index is 13.7. The molecule has 2 N–H and O–H groups in total. The zero-order chi connectivity index (χ0) is 26.1. The lowest BCUT2D eigenvalue weighted by Crippen LogP contribution is -2.19. The van der Waals surface area contributed by atoms with E-state index in [9.17, 15) is 13.2 Å². The fourth-order valence-electron chi connectivity index (χ4n) is 4.21. The number of hydrogen-bond donors (Lipinski definition) is 2. The summed E-state index contributed by atoms with van der Waals surface area (Å²) in [6.07, 6.45) is 5.19. The molecule has 0 radical (unpaired) electrons. The molecule has 1 fully saturated rings. The fourth-order valence-corrected chi connectivity index (χ4v) is 4.21. The molecule has 1 aromatic heterocycles. The van der Waals surface area contributed by atoms with Crippen LogP contribution in [0.25, 0.3) is 0 Å². The van der Waals surface area contributed by atoms with Gasteiger partial charge in [0.15, 0.2) is 0 Å². The summed E-state index contributed by atoms with van der Waals surface area (Å²) in [6.45, 7) is 2.66. The minimum Gasteiger partial charge on any atom is -0.494 e. The topological polar surface area (TPSA) is 68.3 Å². The van der Waals surface area contributed by atoms with E-state index in [0.29, 0.717) is 23.7 Å². The van der Waals surface area contributed by atoms with Gasteiger partial charge in [0.05, 0.1) is 12.7 Å². The van der Waals surface area contributed by atoms with Crippen molar-refractivity contribution in [3.63, 3.8) is 0 Å². The molecule has 37 heavy (non-hydrogen) atoms. The molecule has 9 heteroatoms. The Hall–Kier alpha value is -3.49. The van der Waals surface area contributed by atoms with Gasteiger partial charge < -0.3 is 20.1 Å². The van der Waals surface area contributed by atoms with Gasteiger partial charge in [-0.1, -0.05) is 32.3 Å². The molecule has 1 aliphatic carbocycles. The van der Waals surface area contributed by atoms with Gasteiger partial charge in [0.2, 0.25) is 5.95 Å². The van der Waals surface area contributed by atoms with E-state index >= 15 is 0 Å². The molecule has 0 amide bonds. The lowest BCUT2D eigenvalue weighted by atomic mass is 9.98. The van der Waals surface area contributed by atoms with E-state index in [2.05, 4.69) is 27.5 Å². The summed E-state index contributed by atoms with van der Waals surface area (Å²) in [5, 5.41) is 5.77. The summed E-state index contributed by atoms with van der Waals surface area (Å²) >= 11 is 0. The van der Waals surface area contributed by atoms with Crippen LogP contribution in [0.2, 0.25) is 0 Å². The first-order valence-electron chi connectivity index (χ1n) is 12.9. The zero-order valence-electron chi connectivity index (χ0n) is 21.0. The second-order valence-corrected chi connectivity index (χ2v) is 9.19. The van der Waals surface area contributed by atoms with Crippen LogP contribution in [0.3, 0.4) is 0 Å². The number of halogens is 3. The SMILES string of the molecule is CCCCCOc1cccc(Nc2nc(Nc3ccc(OC4CCCCC4)cc3)ncc2C(F)(F)F)c1. The van der Waals surface area contributed by atoms with Crippen molar-refractivity contribution in [2.45, 2.75) is 70.6 Å². The molecule has 4 rings (SSSR count). The Morgan fingerprint density at radius 2 is 1.70 bits per heavy atom. The molecular formula is C28H33F3N4O2. The molecule has 2 aromatic carbocycles. The van der Waals surface area contributed by atoms with Gasteiger partial charge in [-0.05, 0) is 68.5 Å². The number of anilines is 4. The first-order chi connectivity index (χ1) is 17.9. The Bertz CT molecular complexity index is 1130. The van der Waals surface area contributed by atoms with E-state index in [1.165, 1.54) is 19.3 Å². The number of aromatic nitrogens is 2. The van der Waals surface area contributed by atoms with E-state index in [-0.39, 0.29) is 17.9 Å². The highest BCUT2D eigenvalue weighted by Gasteiger charge is 2.35. The molecule has 1 heterocycles. The third-order valence-electron chi connectivity index (χ3n) is 6.17. The maximum atomic E-state index is 13.7. The number of benzene rings is 2. The summed E-state index contributed by atoms with van der Waals surface area (Å²) in [4.78, 5) is 8.03. The third kappa shape index (κ3) is 8.00. The lowest BCUT2D eigenvalue weighted by Gasteiger charge is -2.23. The molecular weight excluding hydrogens is 481 g/mol. The highest BCUT2D eigenvalue weighted by Crippen LogP contribution is 2.36. The molecule has 1 saturated carbocycles. The predicted octanol–water partition coefficient (Wildman–Crippen LogP) is 8.26. The van der Waals surface area contributed by atoms with E-state index < -0.39 is 11.7 Å². The number of unbranched alkanes of at least 4 members (excludes halogenated alkanes) is 2. The molecule has 0 spiro atoms. The van der Waals surface area contributed by atoms with Crippen molar-refractivity contribution in [2.75, 3.05) is 17.2 Å². The monoisotopic (exact) mass is 514 g/mol. The summed E-state index contributed by atoms with van der Waals surface area (Å²) in [5.74, 6) is 1.05. The quantitative estimate of drug-likeness (QED) is 0.251. The van der Waals surface area contributed by atoms with Crippen LogP contribution in [0.15, 0.2) is 54.7 Å². The molecule has 6 nitrogen and oxygen atoms in total. The highest BCUT2D eigenvalue weighted by molar-refractivity contribution is 5.64. The second kappa shape index (κ2) is 12.7. The van der Waals surface area contributed by atoms with Crippen molar-refractivity contribution in [2.24, 2.45) is 0 Å². The van der Waals surface area contributed by atoms with Crippen LogP contribution < -0.4 is 20.1 Å². The molecule has 0 unspecified atom stereocenters. The molecule has 0 bridgehead atoms. The summed E-state index contributed by atoms with van der Waals surface area (Å²) in [6, 6.07) is 14.1. The Morgan fingerprint density at radius 3 is 2.43 bits per heavy atom. The van der Waals surface area contributed by atoms with Crippen molar-refractivity contribution in [1.82, 2.24) is 9.97 Å². The van der Waals surface area contributed by atoms with Gasteiger partial charge in [0.25, 0.3) is 0 Å². The number of ether oxygens (including phenoxy) is 2. The first kappa shape index (κ1) is 26.6. The number of nitrogens with zero attached hydrogens (tertiary/aromatic N) is 2. The van der Waals surface area contributed by atoms with Crippen molar-refractivity contribution >= 4 is 23.1 Å². The second-order valence-electron chi connectivity index (χ2n) is 9.19. The van der Waals surface area contributed by atoms with Crippen LogP contribution in [0.4, 0.5) is 36.3 Å². The Labute approximate surface area is 215 Å². The van der Waals surface area contributed by atoms with Gasteiger partial charge in [0, 0.05) is 23.6 Å². The summed E-state index contributed by atoms with van der Waals surface area (Å²) in [7, 11) is 0. The number of alkyl halides is 3. The van der Waals surface area contributed by atoms with Gasteiger partial charge in [-0.25, -0.2) is 4.98 Å². The first-order valence-corrected chi connectivity index (χ1v) is 12.9. The molecule has 1 aliphatic rings. The smallest absolute Gasteiger partial charge is 0.421 e. The van der Waals surface area contributed by atoms with Crippen LogP contribution >= 0.6 is 0 Å². The van der Waals surface area contributed by atoms with Gasteiger partial charge >= 0.3 is 6.18 Å². The fraction of sp³-hybridized carbons (Fsp3) is 0.429. The molecule has 198 valence electrons. The molecule has 0 saturated heterocycles. The van der Waals surface area contributed by atoms with Crippen molar-refractivity contribution in [3.8, 4) is 11.5 Å². The number of nitrogens with one attached hydrogen (secondary N) is 2. The van der Waals surface area contributed by atoms with E-state index in [0.717, 1.165) is 44.1 Å². The van der Waals surface area contributed by atoms with Crippen molar-refractivity contribution in [1.29, 1.82) is 0 Å². The predicted molar refractivity (Wildman–Crippen MR) is 139 cm³/mol. The normalized spacial score (nSPS) is 14.3. The van der Waals surface area contributed by atoms with Gasteiger partial charge in [0.1, 0.15) is 22.9 Å². The molecule has 0 atom stereocenters. The van der Waals surface area contributed by atoms with Crippen LogP contribution in [-0.2, 0) is 6.18 Å². The van der Waals surface area contributed by atoms with Gasteiger partial charge in [-0.15, -0.1) is 0 Å². The van der Waals surface area contributed by atoms with E-state index in [4.69, 9.17) is 9.47 Å². The Morgan fingerprint density at radius 1 is 0.919 bits per heavy atom. The largest absolute Gasteiger partial charge is 0.494 e. The average Bonchev–Trinajstić information content (AvgIpc) is 2.88. The van der Waals surface area contributed by atoms with Crippen LogP contribution in [0.1, 0.15) is 63.9 Å².